The van der Waals surface area contributed by atoms with E-state index in [0.29, 0.717) is 42.4 Å². The van der Waals surface area contributed by atoms with E-state index >= 15 is 0 Å². The van der Waals surface area contributed by atoms with E-state index in [2.05, 4.69) is 10.00 Å². The molecule has 2 heterocycles. The van der Waals surface area contributed by atoms with Crippen LogP contribution in [0.1, 0.15) is 17.8 Å². The molecule has 0 unspecified atom stereocenters. The number of nitrogens with zero attached hydrogens (tertiary/aromatic N) is 4. The lowest BCUT2D eigenvalue weighted by molar-refractivity contribution is 0.0541. The Balaban J connectivity index is 1.66. The van der Waals surface area contributed by atoms with Crippen LogP contribution in [0.2, 0.25) is 5.02 Å². The van der Waals surface area contributed by atoms with Gasteiger partial charge in [0.05, 0.1) is 11.9 Å². The third kappa shape index (κ3) is 3.90. The molecule has 2 aromatic rings. The number of hydrogen-bond acceptors (Lipinski definition) is 4. The lowest BCUT2D eigenvalue weighted by atomic mass is 10.2. The molecule has 0 aliphatic carbocycles. The highest BCUT2D eigenvalue weighted by molar-refractivity contribution is 7.89. The second-order valence-electron chi connectivity index (χ2n) is 6.12. The first kappa shape index (κ1) is 19.2. The van der Waals surface area contributed by atoms with Crippen molar-refractivity contribution >= 4 is 21.6 Å². The van der Waals surface area contributed by atoms with Crippen LogP contribution in [-0.2, 0) is 16.6 Å². The maximum absolute atomic E-state index is 12.8. The Bertz CT molecular complexity index is 863. The second kappa shape index (κ2) is 7.59. The van der Waals surface area contributed by atoms with E-state index in [1.807, 2.05) is 24.3 Å². The zero-order valence-electron chi connectivity index (χ0n) is 14.1. The summed E-state index contributed by atoms with van der Waals surface area (Å²) in [6.07, 6.45) is 0.997. The van der Waals surface area contributed by atoms with Crippen molar-refractivity contribution in [3.8, 4) is 0 Å². The van der Waals surface area contributed by atoms with Crippen molar-refractivity contribution in [3.05, 3.63) is 46.7 Å². The quantitative estimate of drug-likeness (QED) is 0.768. The predicted molar refractivity (Wildman–Crippen MR) is 93.7 cm³/mol. The second-order valence-corrected chi connectivity index (χ2v) is 8.47. The Morgan fingerprint density at radius 3 is 2.31 bits per heavy atom. The van der Waals surface area contributed by atoms with Crippen molar-refractivity contribution in [1.82, 2.24) is 19.0 Å². The fourth-order valence-corrected chi connectivity index (χ4v) is 4.67. The largest absolute Gasteiger partial charge is 0.333 e. The van der Waals surface area contributed by atoms with E-state index in [4.69, 9.17) is 11.6 Å². The van der Waals surface area contributed by atoms with E-state index in [1.165, 1.54) is 11.2 Å². The molecule has 1 aromatic carbocycles. The van der Waals surface area contributed by atoms with Crippen LogP contribution in [0.5, 0.6) is 0 Å². The van der Waals surface area contributed by atoms with Gasteiger partial charge in [0.1, 0.15) is 4.90 Å². The molecule has 0 N–H and O–H groups in total. The first-order chi connectivity index (χ1) is 12.3. The fourth-order valence-electron chi connectivity index (χ4n) is 2.97. The number of aromatic nitrogens is 2. The van der Waals surface area contributed by atoms with E-state index in [0.717, 1.165) is 11.8 Å². The van der Waals surface area contributed by atoms with Gasteiger partial charge in [-0.25, -0.2) is 13.1 Å². The standard InChI is InChI=1S/C16H19ClF2N4O2S/c1-12-15(10-20-23(12)16(18)19)26(24,25)22-8-6-21(7-9-22)11-13-2-4-14(17)5-3-13/h2-5,10,16H,6-9,11H2,1H3. The Morgan fingerprint density at radius 2 is 1.77 bits per heavy atom. The number of benzene rings is 1. The first-order valence-corrected chi connectivity index (χ1v) is 9.90. The van der Waals surface area contributed by atoms with Crippen LogP contribution >= 0.6 is 11.6 Å². The van der Waals surface area contributed by atoms with Crippen LogP contribution in [0.15, 0.2) is 35.4 Å². The van der Waals surface area contributed by atoms with E-state index in [9.17, 15) is 17.2 Å². The van der Waals surface area contributed by atoms with E-state index in [1.54, 1.807) is 0 Å². The first-order valence-electron chi connectivity index (χ1n) is 8.08. The molecule has 3 rings (SSSR count). The van der Waals surface area contributed by atoms with Crippen molar-refractivity contribution in [2.24, 2.45) is 0 Å². The highest BCUT2D eigenvalue weighted by atomic mass is 35.5. The normalized spacial score (nSPS) is 17.1. The average Bonchev–Trinajstić information content (AvgIpc) is 3.00. The van der Waals surface area contributed by atoms with Crippen molar-refractivity contribution < 1.29 is 17.2 Å². The minimum absolute atomic E-state index is 0.0522. The summed E-state index contributed by atoms with van der Waals surface area (Å²) in [4.78, 5) is 1.98. The minimum atomic E-state index is -3.83. The Labute approximate surface area is 156 Å². The van der Waals surface area contributed by atoms with Crippen molar-refractivity contribution in [2.75, 3.05) is 26.2 Å². The Hall–Kier alpha value is -1.55. The zero-order chi connectivity index (χ0) is 18.9. The van der Waals surface area contributed by atoms with Gasteiger partial charge in [-0.1, -0.05) is 23.7 Å². The molecule has 1 saturated heterocycles. The maximum atomic E-state index is 12.8. The third-order valence-corrected chi connectivity index (χ3v) is 6.71. The molecule has 0 atom stereocenters. The molecule has 1 fully saturated rings. The zero-order valence-corrected chi connectivity index (χ0v) is 15.7. The molecular formula is C16H19ClF2N4O2S. The topological polar surface area (TPSA) is 58.4 Å². The van der Waals surface area contributed by atoms with Gasteiger partial charge in [0.25, 0.3) is 0 Å². The molecule has 1 aliphatic heterocycles. The van der Waals surface area contributed by atoms with Gasteiger partial charge in [0.2, 0.25) is 10.0 Å². The van der Waals surface area contributed by atoms with E-state index < -0.39 is 16.6 Å². The van der Waals surface area contributed by atoms with Gasteiger partial charge in [0, 0.05) is 37.7 Å². The SMILES string of the molecule is Cc1c(S(=O)(=O)N2CCN(Cc3ccc(Cl)cc3)CC2)cnn1C(F)F. The number of piperazine rings is 1. The summed E-state index contributed by atoms with van der Waals surface area (Å²) in [6.45, 7) is 0.893. The van der Waals surface area contributed by atoms with Gasteiger partial charge in [-0.3, -0.25) is 4.90 Å². The number of alkyl halides is 2. The summed E-state index contributed by atoms with van der Waals surface area (Å²) in [5, 5.41) is 4.16. The number of rotatable bonds is 5. The lowest BCUT2D eigenvalue weighted by Gasteiger charge is -2.33. The highest BCUT2D eigenvalue weighted by Crippen LogP contribution is 2.24. The Morgan fingerprint density at radius 1 is 1.15 bits per heavy atom. The highest BCUT2D eigenvalue weighted by Gasteiger charge is 2.32. The molecule has 142 valence electrons. The molecule has 0 saturated carbocycles. The average molecular weight is 405 g/mol. The van der Waals surface area contributed by atoms with Gasteiger partial charge in [-0.15, -0.1) is 0 Å². The molecular weight excluding hydrogens is 386 g/mol. The molecule has 0 spiro atoms. The smallest absolute Gasteiger partial charge is 0.296 e. The van der Waals surface area contributed by atoms with Gasteiger partial charge < -0.3 is 0 Å². The number of sulfonamides is 1. The van der Waals surface area contributed by atoms with Crippen molar-refractivity contribution in [2.45, 2.75) is 24.9 Å². The molecule has 0 bridgehead atoms. The van der Waals surface area contributed by atoms with Gasteiger partial charge in [-0.05, 0) is 24.6 Å². The fraction of sp³-hybridized carbons (Fsp3) is 0.438. The van der Waals surface area contributed by atoms with E-state index in [-0.39, 0.29) is 10.6 Å². The number of hydrogen-bond donors (Lipinski definition) is 0. The number of halogens is 3. The molecule has 1 aromatic heterocycles. The van der Waals surface area contributed by atoms with Gasteiger partial charge in [-0.2, -0.15) is 18.2 Å². The molecule has 0 amide bonds. The summed E-state index contributed by atoms with van der Waals surface area (Å²) in [5.41, 5.74) is 1.04. The van der Waals surface area contributed by atoms with Crippen LogP contribution in [0.25, 0.3) is 0 Å². The van der Waals surface area contributed by atoms with Crippen LogP contribution in [0.4, 0.5) is 8.78 Å². The predicted octanol–water partition coefficient (Wildman–Crippen LogP) is 2.75. The molecule has 26 heavy (non-hydrogen) atoms. The Kier molecular flexibility index (Phi) is 5.61. The van der Waals surface area contributed by atoms with Crippen LogP contribution in [0, 0.1) is 6.92 Å². The molecule has 10 heteroatoms. The summed E-state index contributed by atoms with van der Waals surface area (Å²) >= 11 is 5.88. The van der Waals surface area contributed by atoms with Crippen LogP contribution in [0.3, 0.4) is 0 Å². The van der Waals surface area contributed by atoms with Crippen LogP contribution in [-0.4, -0.2) is 53.6 Å². The minimum Gasteiger partial charge on any atom is -0.296 e. The van der Waals surface area contributed by atoms with Crippen molar-refractivity contribution in [1.29, 1.82) is 0 Å². The van der Waals surface area contributed by atoms with Crippen molar-refractivity contribution in [3.63, 3.8) is 0 Å². The summed E-state index contributed by atoms with van der Waals surface area (Å²) in [5.74, 6) is 0. The van der Waals surface area contributed by atoms with Gasteiger partial charge >= 0.3 is 6.55 Å². The molecule has 6 nitrogen and oxygen atoms in total. The maximum Gasteiger partial charge on any atom is 0.333 e. The monoisotopic (exact) mass is 404 g/mol. The summed E-state index contributed by atoms with van der Waals surface area (Å²) in [7, 11) is -3.83. The molecule has 0 radical (unpaired) electrons. The summed E-state index contributed by atoms with van der Waals surface area (Å²) < 4.78 is 52.9. The van der Waals surface area contributed by atoms with Gasteiger partial charge in [0.15, 0.2) is 0 Å². The summed E-state index contributed by atoms with van der Waals surface area (Å²) in [6, 6.07) is 7.52. The lowest BCUT2D eigenvalue weighted by Crippen LogP contribution is -2.48. The third-order valence-electron chi connectivity index (χ3n) is 4.45. The molecule has 1 aliphatic rings. The van der Waals surface area contributed by atoms with Crippen LogP contribution < -0.4 is 0 Å².